The number of para-hydroxylation sites is 1. The molecule has 4 aromatic rings. The maximum Gasteiger partial charge on any atom is 0.251 e. The fourth-order valence-corrected chi connectivity index (χ4v) is 2.87. The summed E-state index contributed by atoms with van der Waals surface area (Å²) in [6.07, 6.45) is 1.70. The van der Waals surface area contributed by atoms with Crippen LogP contribution in [0.15, 0.2) is 85.1 Å². The SMILES string of the molecule is O=C(NCc1cc(Oc2ccccc2)ccc1F)c1ccc2ncccc2c1. The van der Waals surface area contributed by atoms with Crippen LogP contribution in [-0.4, -0.2) is 10.9 Å². The van der Waals surface area contributed by atoms with Gasteiger partial charge in [0, 0.05) is 29.3 Å². The molecule has 0 aliphatic rings. The van der Waals surface area contributed by atoms with Crippen LogP contribution in [0.4, 0.5) is 4.39 Å². The molecule has 138 valence electrons. The lowest BCUT2D eigenvalue weighted by Gasteiger charge is -2.10. The Balaban J connectivity index is 1.47. The predicted molar refractivity (Wildman–Crippen MR) is 106 cm³/mol. The Bertz CT molecular complexity index is 1130. The van der Waals surface area contributed by atoms with Crippen molar-refractivity contribution in [1.82, 2.24) is 10.3 Å². The van der Waals surface area contributed by atoms with Crippen molar-refractivity contribution in [2.24, 2.45) is 0 Å². The standard InChI is InChI=1S/C23H17FN2O2/c24-21-10-9-20(28-19-6-2-1-3-7-19)14-18(21)15-26-23(27)17-8-11-22-16(13-17)5-4-12-25-22/h1-14H,15H2,(H,26,27). The van der Waals surface area contributed by atoms with Crippen molar-refractivity contribution < 1.29 is 13.9 Å². The van der Waals surface area contributed by atoms with E-state index in [0.717, 1.165) is 10.9 Å². The number of halogens is 1. The molecule has 1 aromatic heterocycles. The highest BCUT2D eigenvalue weighted by Crippen LogP contribution is 2.23. The second kappa shape index (κ2) is 7.88. The van der Waals surface area contributed by atoms with Crippen molar-refractivity contribution in [3.05, 3.63) is 102 Å². The molecular weight excluding hydrogens is 355 g/mol. The molecule has 0 spiro atoms. The van der Waals surface area contributed by atoms with Crippen molar-refractivity contribution in [2.45, 2.75) is 6.54 Å². The zero-order valence-corrected chi connectivity index (χ0v) is 14.9. The topological polar surface area (TPSA) is 51.2 Å². The number of hydrogen-bond acceptors (Lipinski definition) is 3. The molecule has 4 rings (SSSR count). The number of ether oxygens (including phenoxy) is 1. The first-order chi connectivity index (χ1) is 13.7. The highest BCUT2D eigenvalue weighted by molar-refractivity contribution is 5.97. The van der Waals surface area contributed by atoms with Gasteiger partial charge in [0.25, 0.3) is 5.91 Å². The van der Waals surface area contributed by atoms with E-state index < -0.39 is 5.82 Å². The molecule has 5 heteroatoms. The summed E-state index contributed by atoms with van der Waals surface area (Å²) in [4.78, 5) is 16.7. The summed E-state index contributed by atoms with van der Waals surface area (Å²) in [5.41, 5.74) is 1.66. The molecule has 1 heterocycles. The molecule has 0 unspecified atom stereocenters. The Hall–Kier alpha value is -3.73. The van der Waals surface area contributed by atoms with Crippen LogP contribution in [0.5, 0.6) is 11.5 Å². The van der Waals surface area contributed by atoms with Crippen molar-refractivity contribution in [2.75, 3.05) is 0 Å². The van der Waals surface area contributed by atoms with Gasteiger partial charge < -0.3 is 10.1 Å². The summed E-state index contributed by atoms with van der Waals surface area (Å²) in [6, 6.07) is 22.7. The third-order valence-corrected chi connectivity index (χ3v) is 4.30. The number of nitrogens with one attached hydrogen (secondary N) is 1. The van der Waals surface area contributed by atoms with E-state index in [1.54, 1.807) is 36.5 Å². The van der Waals surface area contributed by atoms with Crippen LogP contribution in [0, 0.1) is 5.82 Å². The van der Waals surface area contributed by atoms with E-state index in [1.807, 2.05) is 42.5 Å². The molecule has 4 nitrogen and oxygen atoms in total. The van der Waals surface area contributed by atoms with Gasteiger partial charge in [-0.1, -0.05) is 24.3 Å². The Labute approximate surface area is 161 Å². The lowest BCUT2D eigenvalue weighted by molar-refractivity contribution is 0.0950. The fraction of sp³-hybridized carbons (Fsp3) is 0.0435. The minimum atomic E-state index is -0.400. The van der Waals surface area contributed by atoms with Crippen LogP contribution in [0.2, 0.25) is 0 Å². The summed E-state index contributed by atoms with van der Waals surface area (Å²) in [5.74, 6) is 0.491. The van der Waals surface area contributed by atoms with Crippen molar-refractivity contribution in [3.63, 3.8) is 0 Å². The first kappa shape index (κ1) is 17.7. The van der Waals surface area contributed by atoms with Crippen LogP contribution >= 0.6 is 0 Å². The first-order valence-corrected chi connectivity index (χ1v) is 8.83. The molecule has 0 aliphatic carbocycles. The average Bonchev–Trinajstić information content (AvgIpc) is 2.74. The number of pyridine rings is 1. The minimum absolute atomic E-state index is 0.0573. The molecule has 28 heavy (non-hydrogen) atoms. The van der Waals surface area contributed by atoms with Crippen LogP contribution in [0.25, 0.3) is 10.9 Å². The van der Waals surface area contributed by atoms with E-state index in [0.29, 0.717) is 22.6 Å². The Morgan fingerprint density at radius 3 is 2.64 bits per heavy atom. The monoisotopic (exact) mass is 372 g/mol. The summed E-state index contributed by atoms with van der Waals surface area (Å²) in [7, 11) is 0. The van der Waals surface area contributed by atoms with E-state index in [4.69, 9.17) is 4.74 Å². The minimum Gasteiger partial charge on any atom is -0.457 e. The number of carbonyl (C=O) groups is 1. The summed E-state index contributed by atoms with van der Waals surface area (Å²) < 4.78 is 19.9. The zero-order chi connectivity index (χ0) is 19.3. The molecule has 0 atom stereocenters. The number of amides is 1. The summed E-state index contributed by atoms with van der Waals surface area (Å²) in [5, 5.41) is 3.63. The van der Waals surface area contributed by atoms with E-state index in [2.05, 4.69) is 10.3 Å². The molecule has 1 amide bonds. The third kappa shape index (κ3) is 3.99. The van der Waals surface area contributed by atoms with E-state index in [1.165, 1.54) is 6.07 Å². The van der Waals surface area contributed by atoms with Crippen molar-refractivity contribution in [3.8, 4) is 11.5 Å². The van der Waals surface area contributed by atoms with Gasteiger partial charge in [-0.15, -0.1) is 0 Å². The maximum atomic E-state index is 14.2. The number of benzene rings is 3. The molecule has 0 bridgehead atoms. The van der Waals surface area contributed by atoms with Gasteiger partial charge >= 0.3 is 0 Å². The fourth-order valence-electron chi connectivity index (χ4n) is 2.87. The van der Waals surface area contributed by atoms with Gasteiger partial charge in [-0.2, -0.15) is 0 Å². The number of rotatable bonds is 5. The molecule has 0 fully saturated rings. The highest BCUT2D eigenvalue weighted by atomic mass is 19.1. The van der Waals surface area contributed by atoms with E-state index >= 15 is 0 Å². The average molecular weight is 372 g/mol. The van der Waals surface area contributed by atoms with Gasteiger partial charge in [-0.25, -0.2) is 4.39 Å². The van der Waals surface area contributed by atoms with Crippen molar-refractivity contribution >= 4 is 16.8 Å². The smallest absolute Gasteiger partial charge is 0.251 e. The molecule has 3 aromatic carbocycles. The van der Waals surface area contributed by atoms with E-state index in [9.17, 15) is 9.18 Å². The molecule has 0 saturated heterocycles. The van der Waals surface area contributed by atoms with Crippen LogP contribution in [0.1, 0.15) is 15.9 Å². The maximum absolute atomic E-state index is 14.2. The largest absolute Gasteiger partial charge is 0.457 e. The van der Waals surface area contributed by atoms with Crippen LogP contribution in [0.3, 0.4) is 0 Å². The zero-order valence-electron chi connectivity index (χ0n) is 14.9. The van der Waals surface area contributed by atoms with Crippen molar-refractivity contribution in [1.29, 1.82) is 0 Å². The molecule has 1 N–H and O–H groups in total. The highest BCUT2D eigenvalue weighted by Gasteiger charge is 2.10. The van der Waals surface area contributed by atoms with Gasteiger partial charge in [0.1, 0.15) is 17.3 Å². The number of aromatic nitrogens is 1. The molecule has 0 radical (unpaired) electrons. The molecule has 0 aliphatic heterocycles. The quantitative estimate of drug-likeness (QED) is 0.530. The number of carbonyl (C=O) groups excluding carboxylic acids is 1. The predicted octanol–water partition coefficient (Wildman–Crippen LogP) is 5.10. The van der Waals surface area contributed by atoms with Gasteiger partial charge in [0.2, 0.25) is 0 Å². The van der Waals surface area contributed by atoms with Gasteiger partial charge in [-0.3, -0.25) is 9.78 Å². The third-order valence-electron chi connectivity index (χ3n) is 4.30. The second-order valence-corrected chi connectivity index (χ2v) is 6.26. The molecular formula is C23H17FN2O2. The van der Waals surface area contributed by atoms with Gasteiger partial charge in [-0.05, 0) is 54.6 Å². The van der Waals surface area contributed by atoms with Gasteiger partial charge in [0.05, 0.1) is 5.52 Å². The van der Waals surface area contributed by atoms with Crippen LogP contribution < -0.4 is 10.1 Å². The lowest BCUT2D eigenvalue weighted by Crippen LogP contribution is -2.23. The lowest BCUT2D eigenvalue weighted by atomic mass is 10.1. The summed E-state index contributed by atoms with van der Waals surface area (Å²) in [6.45, 7) is 0.0573. The summed E-state index contributed by atoms with van der Waals surface area (Å²) >= 11 is 0. The number of hydrogen-bond donors (Lipinski definition) is 1. The van der Waals surface area contributed by atoms with E-state index in [-0.39, 0.29) is 12.5 Å². The number of nitrogens with zero attached hydrogens (tertiary/aromatic N) is 1. The Morgan fingerprint density at radius 1 is 0.929 bits per heavy atom. The molecule has 0 saturated carbocycles. The normalized spacial score (nSPS) is 10.6. The Kier molecular flexibility index (Phi) is 4.97. The Morgan fingerprint density at radius 2 is 1.79 bits per heavy atom. The number of fused-ring (bicyclic) bond motifs is 1. The van der Waals surface area contributed by atoms with Crippen LogP contribution in [-0.2, 0) is 6.54 Å². The first-order valence-electron chi connectivity index (χ1n) is 8.83. The van der Waals surface area contributed by atoms with Gasteiger partial charge in [0.15, 0.2) is 0 Å². The second-order valence-electron chi connectivity index (χ2n) is 6.26.